The first-order valence-electron chi connectivity index (χ1n) is 7.53. The topological polar surface area (TPSA) is 3.24 Å². The summed E-state index contributed by atoms with van der Waals surface area (Å²) in [5.74, 6) is 0.929. The number of hydrogen-bond acceptors (Lipinski definition) is 1. The lowest BCUT2D eigenvalue weighted by Crippen LogP contribution is -2.41. The molecule has 0 saturated heterocycles. The third-order valence-corrected chi connectivity index (χ3v) is 4.01. The average Bonchev–Trinajstić information content (AvgIpc) is 2.45. The van der Waals surface area contributed by atoms with Gasteiger partial charge in [-0.25, -0.2) is 0 Å². The Morgan fingerprint density at radius 2 is 1.28 bits per heavy atom. The summed E-state index contributed by atoms with van der Waals surface area (Å²) in [6.45, 7) is 9.44. The maximum Gasteiger partial charge on any atom is 0.0121 e. The minimum absolute atomic E-state index is 0.883. The van der Waals surface area contributed by atoms with Crippen molar-refractivity contribution < 1.29 is 0 Å². The van der Waals surface area contributed by atoms with Gasteiger partial charge in [-0.05, 0) is 31.8 Å². The van der Waals surface area contributed by atoms with Gasteiger partial charge < -0.3 is 4.90 Å². The number of rotatable bonds is 3. The molecule has 18 heavy (non-hydrogen) atoms. The zero-order valence-electron chi connectivity index (χ0n) is 12.3. The third kappa shape index (κ3) is 5.22. The van der Waals surface area contributed by atoms with E-state index >= 15 is 0 Å². The van der Waals surface area contributed by atoms with Crippen molar-refractivity contribution in [1.82, 2.24) is 4.90 Å². The van der Waals surface area contributed by atoms with Crippen LogP contribution in [0.3, 0.4) is 0 Å². The molecular formula is C17H29N. The fourth-order valence-electron chi connectivity index (χ4n) is 2.92. The molecule has 2 atom stereocenters. The van der Waals surface area contributed by atoms with E-state index in [1.54, 1.807) is 0 Å². The molecule has 0 amide bonds. The summed E-state index contributed by atoms with van der Waals surface area (Å²) in [5.41, 5.74) is 0. The van der Waals surface area contributed by atoms with Gasteiger partial charge in [0.15, 0.2) is 0 Å². The fourth-order valence-corrected chi connectivity index (χ4v) is 2.92. The van der Waals surface area contributed by atoms with E-state index in [4.69, 9.17) is 0 Å². The molecule has 0 heterocycles. The number of nitrogens with zero attached hydrogens (tertiary/aromatic N) is 1. The standard InChI is InChI=1S/C11H23N.C6H6/c1-4-12(5-2)11-9-7-6-8-10(11)3;1-2-4-6-5-3-1/h10-11H,4-9H2,1-3H3;1-6H. The predicted molar refractivity (Wildman–Crippen MR) is 80.8 cm³/mol. The molecule has 2 rings (SSSR count). The molecule has 102 valence electrons. The normalized spacial score (nSPS) is 23.3. The fraction of sp³-hybridized carbons (Fsp3) is 0.647. The van der Waals surface area contributed by atoms with E-state index in [1.807, 2.05) is 36.4 Å². The molecule has 1 aromatic rings. The highest BCUT2D eigenvalue weighted by Crippen LogP contribution is 2.27. The first kappa shape index (κ1) is 15.2. The largest absolute Gasteiger partial charge is 0.301 e. The summed E-state index contributed by atoms with van der Waals surface area (Å²) >= 11 is 0. The van der Waals surface area contributed by atoms with E-state index in [0.29, 0.717) is 0 Å². The van der Waals surface area contributed by atoms with Crippen LogP contribution < -0.4 is 0 Å². The monoisotopic (exact) mass is 247 g/mol. The highest BCUT2D eigenvalue weighted by Gasteiger charge is 2.24. The van der Waals surface area contributed by atoms with Crippen molar-refractivity contribution in [3.63, 3.8) is 0 Å². The molecule has 0 radical (unpaired) electrons. The molecule has 1 heteroatoms. The van der Waals surface area contributed by atoms with Crippen molar-refractivity contribution >= 4 is 0 Å². The predicted octanol–water partition coefficient (Wildman–Crippen LogP) is 4.59. The van der Waals surface area contributed by atoms with Crippen molar-refractivity contribution in [2.75, 3.05) is 13.1 Å². The lowest BCUT2D eigenvalue weighted by Gasteiger charge is -2.37. The van der Waals surface area contributed by atoms with Crippen molar-refractivity contribution in [3.05, 3.63) is 36.4 Å². The molecule has 1 nitrogen and oxygen atoms in total. The molecule has 1 fully saturated rings. The summed E-state index contributed by atoms with van der Waals surface area (Å²) < 4.78 is 0. The molecule has 1 saturated carbocycles. The van der Waals surface area contributed by atoms with Gasteiger partial charge in [-0.1, -0.05) is 70.0 Å². The van der Waals surface area contributed by atoms with Crippen LogP contribution in [0.5, 0.6) is 0 Å². The molecule has 0 N–H and O–H groups in total. The van der Waals surface area contributed by atoms with Crippen molar-refractivity contribution in [1.29, 1.82) is 0 Å². The molecule has 0 aromatic heterocycles. The highest BCUT2D eigenvalue weighted by atomic mass is 15.1. The third-order valence-electron chi connectivity index (χ3n) is 4.01. The van der Waals surface area contributed by atoms with E-state index < -0.39 is 0 Å². The Morgan fingerprint density at radius 3 is 1.67 bits per heavy atom. The molecule has 0 spiro atoms. The number of hydrogen-bond donors (Lipinski definition) is 0. The second-order valence-corrected chi connectivity index (χ2v) is 5.20. The maximum atomic E-state index is 2.63. The van der Waals surface area contributed by atoms with Gasteiger partial charge in [-0.3, -0.25) is 0 Å². The first-order chi connectivity index (χ1) is 8.79. The lowest BCUT2D eigenvalue weighted by molar-refractivity contribution is 0.123. The van der Waals surface area contributed by atoms with Crippen LogP contribution in [0.25, 0.3) is 0 Å². The van der Waals surface area contributed by atoms with Gasteiger partial charge >= 0.3 is 0 Å². The molecule has 0 bridgehead atoms. The number of benzene rings is 1. The quantitative estimate of drug-likeness (QED) is 0.755. The summed E-state index contributed by atoms with van der Waals surface area (Å²) in [7, 11) is 0. The molecule has 0 aliphatic heterocycles. The van der Waals surface area contributed by atoms with Gasteiger partial charge in [0.1, 0.15) is 0 Å². The van der Waals surface area contributed by atoms with Crippen molar-refractivity contribution in [3.8, 4) is 0 Å². The van der Waals surface area contributed by atoms with Crippen molar-refractivity contribution in [2.24, 2.45) is 5.92 Å². The Hall–Kier alpha value is -0.820. The summed E-state index contributed by atoms with van der Waals surface area (Å²) in [4.78, 5) is 2.63. The molecule has 1 aromatic carbocycles. The van der Waals surface area contributed by atoms with Crippen LogP contribution in [-0.4, -0.2) is 24.0 Å². The summed E-state index contributed by atoms with van der Waals surface area (Å²) in [6.07, 6.45) is 5.79. The Morgan fingerprint density at radius 1 is 0.833 bits per heavy atom. The highest BCUT2D eigenvalue weighted by molar-refractivity contribution is 4.99. The second-order valence-electron chi connectivity index (χ2n) is 5.20. The molecular weight excluding hydrogens is 218 g/mol. The van der Waals surface area contributed by atoms with E-state index in [-0.39, 0.29) is 0 Å². The smallest absolute Gasteiger partial charge is 0.0121 e. The Labute approximate surface area is 113 Å². The van der Waals surface area contributed by atoms with Gasteiger partial charge in [-0.15, -0.1) is 0 Å². The van der Waals surface area contributed by atoms with E-state index in [9.17, 15) is 0 Å². The summed E-state index contributed by atoms with van der Waals surface area (Å²) in [5, 5.41) is 0. The zero-order valence-corrected chi connectivity index (χ0v) is 12.3. The van der Waals surface area contributed by atoms with Crippen LogP contribution in [0, 0.1) is 5.92 Å². The lowest BCUT2D eigenvalue weighted by atomic mass is 9.85. The Kier molecular flexibility index (Phi) is 7.75. The van der Waals surface area contributed by atoms with Crippen LogP contribution in [-0.2, 0) is 0 Å². The minimum Gasteiger partial charge on any atom is -0.301 e. The zero-order chi connectivity index (χ0) is 13.2. The van der Waals surface area contributed by atoms with Gasteiger partial charge in [0.05, 0.1) is 0 Å². The van der Waals surface area contributed by atoms with Gasteiger partial charge in [0.2, 0.25) is 0 Å². The van der Waals surface area contributed by atoms with Gasteiger partial charge in [-0.2, -0.15) is 0 Å². The van der Waals surface area contributed by atoms with E-state index in [1.165, 1.54) is 38.8 Å². The van der Waals surface area contributed by atoms with Gasteiger partial charge in [0, 0.05) is 6.04 Å². The Balaban J connectivity index is 0.000000225. The van der Waals surface area contributed by atoms with Gasteiger partial charge in [0.25, 0.3) is 0 Å². The molecule has 1 aliphatic carbocycles. The van der Waals surface area contributed by atoms with Crippen LogP contribution in [0.1, 0.15) is 46.5 Å². The maximum absolute atomic E-state index is 2.63. The van der Waals surface area contributed by atoms with Crippen LogP contribution in [0.15, 0.2) is 36.4 Å². The average molecular weight is 247 g/mol. The minimum atomic E-state index is 0.883. The summed E-state index contributed by atoms with van der Waals surface area (Å²) in [6, 6.07) is 12.9. The van der Waals surface area contributed by atoms with Crippen LogP contribution >= 0.6 is 0 Å². The van der Waals surface area contributed by atoms with Crippen molar-refractivity contribution in [2.45, 2.75) is 52.5 Å². The molecule has 2 unspecified atom stereocenters. The molecule has 1 aliphatic rings. The van der Waals surface area contributed by atoms with E-state index in [2.05, 4.69) is 25.7 Å². The van der Waals surface area contributed by atoms with Crippen LogP contribution in [0.4, 0.5) is 0 Å². The second kappa shape index (κ2) is 9.16. The van der Waals surface area contributed by atoms with Crippen LogP contribution in [0.2, 0.25) is 0 Å². The van der Waals surface area contributed by atoms with E-state index in [0.717, 1.165) is 12.0 Å². The first-order valence-corrected chi connectivity index (χ1v) is 7.53. The Bertz CT molecular complexity index is 252. The SMILES string of the molecule is CCN(CC)C1CCCCC1C.c1ccccc1.